The predicted molar refractivity (Wildman–Crippen MR) is 162 cm³/mol. The van der Waals surface area contributed by atoms with Gasteiger partial charge in [0, 0.05) is 78.9 Å². The van der Waals surface area contributed by atoms with E-state index >= 15 is 0 Å². The second-order valence-corrected chi connectivity index (χ2v) is 10.5. The van der Waals surface area contributed by atoms with Crippen molar-refractivity contribution in [3.8, 4) is 11.1 Å². The first-order valence-corrected chi connectivity index (χ1v) is 13.6. The fourth-order valence-corrected chi connectivity index (χ4v) is 5.03. The number of nitrogen functional groups attached to an aromatic ring is 1. The fourth-order valence-electron chi connectivity index (χ4n) is 5.03. The Kier molecular flexibility index (Phi) is 9.05. The zero-order valence-electron chi connectivity index (χ0n) is 23.4. The lowest BCUT2D eigenvalue weighted by Crippen LogP contribution is -2.24. The van der Waals surface area contributed by atoms with Gasteiger partial charge in [-0.15, -0.1) is 0 Å². The number of nitrogens with two attached hydrogens (primary N) is 1. The van der Waals surface area contributed by atoms with E-state index in [1.54, 1.807) is 17.3 Å². The maximum absolute atomic E-state index is 13.6. The maximum atomic E-state index is 13.6. The highest BCUT2D eigenvalue weighted by Gasteiger charge is 2.37. The molecule has 7 heteroatoms. The molecule has 2 fully saturated rings. The normalized spacial score (nSPS) is 17.4. The molecule has 2 aromatic rings. The summed E-state index contributed by atoms with van der Waals surface area (Å²) < 4.78 is 27.3. The van der Waals surface area contributed by atoms with Gasteiger partial charge in [0.2, 0.25) is 0 Å². The van der Waals surface area contributed by atoms with Crippen molar-refractivity contribution in [1.82, 2.24) is 20.1 Å². The third-order valence-electron chi connectivity index (χ3n) is 7.45. The number of alkyl halides is 2. The highest BCUT2D eigenvalue weighted by Crippen LogP contribution is 2.32. The quantitative estimate of drug-likeness (QED) is 0.238. The van der Waals surface area contributed by atoms with Gasteiger partial charge in [-0.1, -0.05) is 44.5 Å². The monoisotopic (exact) mass is 543 g/mol. The Balaban J connectivity index is 1.43. The molecule has 0 unspecified atom stereocenters. The summed E-state index contributed by atoms with van der Waals surface area (Å²) in [5.41, 5.74) is 14.3. The molecule has 1 aromatic heterocycles. The fraction of sp³-hybridized carbons (Fsp3) is 0.303. The second-order valence-electron chi connectivity index (χ2n) is 10.5. The number of benzene rings is 1. The van der Waals surface area contributed by atoms with Gasteiger partial charge in [0.25, 0.3) is 5.92 Å². The van der Waals surface area contributed by atoms with E-state index in [0.717, 1.165) is 52.3 Å². The van der Waals surface area contributed by atoms with Crippen molar-refractivity contribution in [1.29, 1.82) is 0 Å². The molecular formula is C33H39F2N5. The summed E-state index contributed by atoms with van der Waals surface area (Å²) >= 11 is 0. The first-order valence-electron chi connectivity index (χ1n) is 13.6. The van der Waals surface area contributed by atoms with Gasteiger partial charge >= 0.3 is 0 Å². The predicted octanol–water partition coefficient (Wildman–Crippen LogP) is 6.91. The van der Waals surface area contributed by atoms with E-state index in [1.807, 2.05) is 49.4 Å². The van der Waals surface area contributed by atoms with Crippen molar-refractivity contribution in [3.63, 3.8) is 0 Å². The van der Waals surface area contributed by atoms with Crippen LogP contribution in [-0.4, -0.2) is 46.9 Å². The van der Waals surface area contributed by atoms with Gasteiger partial charge in [-0.3, -0.25) is 9.88 Å². The summed E-state index contributed by atoms with van der Waals surface area (Å²) in [7, 11) is 0. The van der Waals surface area contributed by atoms with Gasteiger partial charge < -0.3 is 16.0 Å². The van der Waals surface area contributed by atoms with Crippen LogP contribution in [0.25, 0.3) is 16.7 Å². The molecule has 5 nitrogen and oxygen atoms in total. The number of anilines is 1. The van der Waals surface area contributed by atoms with Crippen molar-refractivity contribution in [2.75, 3.05) is 31.9 Å². The number of halogens is 2. The lowest BCUT2D eigenvalue weighted by Gasteiger charge is -2.20. The van der Waals surface area contributed by atoms with Crippen molar-refractivity contribution in [2.24, 2.45) is 0 Å². The Hall–Kier alpha value is -3.97. The molecular weight excluding hydrogens is 504 g/mol. The number of likely N-dealkylation sites (tertiary alicyclic amines) is 2. The molecule has 0 bridgehead atoms. The van der Waals surface area contributed by atoms with Crippen molar-refractivity contribution < 1.29 is 8.78 Å². The van der Waals surface area contributed by atoms with Gasteiger partial charge in [-0.05, 0) is 66.3 Å². The van der Waals surface area contributed by atoms with Gasteiger partial charge in [0.15, 0.2) is 0 Å². The molecule has 40 heavy (non-hydrogen) atoms. The number of hydrogen-bond donors (Lipinski definition) is 2. The van der Waals surface area contributed by atoms with Crippen molar-refractivity contribution in [3.05, 3.63) is 115 Å². The minimum Gasteiger partial charge on any atom is -0.398 e. The minimum atomic E-state index is -2.62. The third-order valence-corrected chi connectivity index (χ3v) is 7.45. The molecule has 0 atom stereocenters. The van der Waals surface area contributed by atoms with E-state index in [-0.39, 0.29) is 13.0 Å². The first-order chi connectivity index (χ1) is 19.1. The molecule has 0 saturated carbocycles. The Morgan fingerprint density at radius 1 is 1.05 bits per heavy atom. The van der Waals surface area contributed by atoms with Crippen LogP contribution in [0, 0.1) is 0 Å². The van der Waals surface area contributed by atoms with Crippen molar-refractivity contribution in [2.45, 2.75) is 38.7 Å². The lowest BCUT2D eigenvalue weighted by molar-refractivity contribution is 0.0115. The Morgan fingerprint density at radius 2 is 1.80 bits per heavy atom. The van der Waals surface area contributed by atoms with Crippen LogP contribution in [0.5, 0.6) is 0 Å². The summed E-state index contributed by atoms with van der Waals surface area (Å²) in [4.78, 5) is 8.39. The standard InChI is InChI=1S/C33H39F2N5/c1-6-30(11-9-23(2)26(5)40-14-7-8-15-40)38-25(4)24(3)31-18-28(10-12-32(31)36)29-17-27(19-37-20-29)21-39-16-13-33(34,35)22-39/h6,9-12,17-20,38H,2-5,7-8,13-16,21-22,36H2,1H3/b11-9-,30-6+. The lowest BCUT2D eigenvalue weighted by atomic mass is 9.97. The second kappa shape index (κ2) is 12.5. The minimum absolute atomic E-state index is 0.102. The summed E-state index contributed by atoms with van der Waals surface area (Å²) in [5.74, 6) is -2.62. The average molecular weight is 544 g/mol. The van der Waals surface area contributed by atoms with Crippen LogP contribution in [0.1, 0.15) is 37.3 Å². The number of nitrogens with one attached hydrogen (secondary N) is 1. The summed E-state index contributed by atoms with van der Waals surface area (Å²) in [6, 6.07) is 7.70. The smallest absolute Gasteiger partial charge is 0.261 e. The Labute approximate surface area is 236 Å². The van der Waals surface area contributed by atoms with E-state index in [0.29, 0.717) is 30.0 Å². The van der Waals surface area contributed by atoms with Gasteiger partial charge in [-0.25, -0.2) is 8.78 Å². The molecule has 2 aliphatic heterocycles. The zero-order chi connectivity index (χ0) is 28.9. The van der Waals surface area contributed by atoms with Crippen LogP contribution < -0.4 is 11.1 Å². The SMILES string of the molecule is C=C(/C=C\C(=C/C)NC(=C)C(=C)c1cc(-c2cncc(CN3CCC(F)(F)C3)c2)ccc1N)C(=C)N1CCCC1. The average Bonchev–Trinajstić information content (AvgIpc) is 3.59. The topological polar surface area (TPSA) is 57.4 Å². The summed E-state index contributed by atoms with van der Waals surface area (Å²) in [5, 5.41) is 3.33. The highest BCUT2D eigenvalue weighted by molar-refractivity contribution is 5.85. The zero-order valence-corrected chi connectivity index (χ0v) is 23.4. The number of hydrogen-bond acceptors (Lipinski definition) is 5. The highest BCUT2D eigenvalue weighted by atomic mass is 19.3. The molecule has 210 valence electrons. The van der Waals surface area contributed by atoms with E-state index in [1.165, 1.54) is 12.8 Å². The number of pyridine rings is 1. The first kappa shape index (κ1) is 29.0. The number of aromatic nitrogens is 1. The van der Waals surface area contributed by atoms with Gasteiger partial charge in [-0.2, -0.15) is 0 Å². The van der Waals surface area contributed by atoms with Crippen LogP contribution >= 0.6 is 0 Å². The maximum Gasteiger partial charge on any atom is 0.261 e. The van der Waals surface area contributed by atoms with Crippen LogP contribution in [0.3, 0.4) is 0 Å². The summed E-state index contributed by atoms with van der Waals surface area (Å²) in [6.45, 7) is 21.4. The molecule has 0 radical (unpaired) electrons. The number of allylic oxidation sites excluding steroid dienone is 4. The van der Waals surface area contributed by atoms with Crippen molar-refractivity contribution >= 4 is 11.3 Å². The molecule has 2 aliphatic rings. The Morgan fingerprint density at radius 3 is 2.48 bits per heavy atom. The largest absolute Gasteiger partial charge is 0.398 e. The third kappa shape index (κ3) is 7.16. The van der Waals surface area contributed by atoms with E-state index in [9.17, 15) is 8.78 Å². The van der Waals surface area contributed by atoms with Crippen LogP contribution in [-0.2, 0) is 6.54 Å². The molecule has 4 rings (SSSR count). The van der Waals surface area contributed by atoms with E-state index in [2.05, 4.69) is 41.5 Å². The van der Waals surface area contributed by atoms with E-state index in [4.69, 9.17) is 5.73 Å². The summed E-state index contributed by atoms with van der Waals surface area (Å²) in [6.07, 6.45) is 11.6. The van der Waals surface area contributed by atoms with Crippen LogP contribution in [0.4, 0.5) is 14.5 Å². The molecule has 0 aliphatic carbocycles. The number of nitrogens with zero attached hydrogens (tertiary/aromatic N) is 3. The molecule has 2 saturated heterocycles. The molecule has 3 N–H and O–H groups in total. The Bertz CT molecular complexity index is 1360. The molecule has 3 heterocycles. The van der Waals surface area contributed by atoms with Crippen LogP contribution in [0.2, 0.25) is 0 Å². The van der Waals surface area contributed by atoms with E-state index < -0.39 is 5.92 Å². The van der Waals surface area contributed by atoms with Gasteiger partial charge in [0.05, 0.1) is 6.54 Å². The molecule has 0 amide bonds. The molecule has 0 spiro atoms. The number of rotatable bonds is 11. The van der Waals surface area contributed by atoms with Gasteiger partial charge in [0.1, 0.15) is 0 Å². The van der Waals surface area contributed by atoms with Crippen LogP contribution in [0.15, 0.2) is 104 Å². The molecule has 1 aromatic carbocycles.